The van der Waals surface area contributed by atoms with Crippen molar-refractivity contribution < 1.29 is 22.4 Å². The van der Waals surface area contributed by atoms with Crippen molar-refractivity contribution in [3.05, 3.63) is 54.0 Å². The van der Waals surface area contributed by atoms with Crippen LogP contribution in [0.3, 0.4) is 0 Å². The standard InChI is InChI=1S/C20H23N3O5S/c24-19-9-13-29(26,27)23(19)16-7-5-15(6-8-16)20(25)21-14-17(18-4-3-12-28-18)22-10-1-2-11-22/h3-8,12,17H,1-2,9-11,13-14H2,(H,21,25)/t17-/m1/s1. The monoisotopic (exact) mass is 417 g/mol. The lowest BCUT2D eigenvalue weighted by atomic mass is 10.1. The second-order valence-electron chi connectivity index (χ2n) is 7.26. The van der Waals surface area contributed by atoms with Crippen molar-refractivity contribution in [2.45, 2.75) is 25.3 Å². The van der Waals surface area contributed by atoms with Crippen molar-refractivity contribution in [3.8, 4) is 0 Å². The maximum Gasteiger partial charge on any atom is 0.251 e. The summed E-state index contributed by atoms with van der Waals surface area (Å²) in [5, 5.41) is 2.94. The summed E-state index contributed by atoms with van der Waals surface area (Å²) in [5.74, 6) is -0.0732. The summed E-state index contributed by atoms with van der Waals surface area (Å²) in [6.45, 7) is 2.34. The van der Waals surface area contributed by atoms with Gasteiger partial charge >= 0.3 is 0 Å². The van der Waals surface area contributed by atoms with Gasteiger partial charge in [-0.3, -0.25) is 14.5 Å². The molecule has 3 heterocycles. The van der Waals surface area contributed by atoms with Crippen LogP contribution in [0.2, 0.25) is 0 Å². The third-order valence-corrected chi connectivity index (χ3v) is 7.04. The third kappa shape index (κ3) is 4.06. The molecule has 1 aromatic heterocycles. The Morgan fingerprint density at radius 3 is 2.45 bits per heavy atom. The summed E-state index contributed by atoms with van der Waals surface area (Å²) >= 11 is 0. The zero-order chi connectivity index (χ0) is 20.4. The van der Waals surface area contributed by atoms with E-state index in [-0.39, 0.29) is 29.8 Å². The third-order valence-electron chi connectivity index (χ3n) is 5.35. The zero-order valence-corrected chi connectivity index (χ0v) is 16.7. The van der Waals surface area contributed by atoms with Crippen LogP contribution < -0.4 is 9.62 Å². The maximum atomic E-state index is 12.6. The van der Waals surface area contributed by atoms with E-state index in [4.69, 9.17) is 4.42 Å². The lowest BCUT2D eigenvalue weighted by molar-refractivity contribution is -0.116. The fraction of sp³-hybridized carbons (Fsp3) is 0.400. The number of benzene rings is 1. The molecule has 1 N–H and O–H groups in total. The van der Waals surface area contributed by atoms with E-state index in [0.717, 1.165) is 36.0 Å². The molecular weight excluding hydrogens is 394 g/mol. The normalized spacial score (nSPS) is 20.1. The van der Waals surface area contributed by atoms with Gasteiger partial charge in [-0.1, -0.05) is 0 Å². The van der Waals surface area contributed by atoms with Crippen molar-refractivity contribution in [2.75, 3.05) is 29.7 Å². The molecule has 9 heteroatoms. The minimum atomic E-state index is -3.61. The first-order valence-electron chi connectivity index (χ1n) is 9.67. The molecule has 8 nitrogen and oxygen atoms in total. The van der Waals surface area contributed by atoms with Crippen molar-refractivity contribution >= 4 is 27.5 Å². The maximum absolute atomic E-state index is 12.6. The first-order valence-corrected chi connectivity index (χ1v) is 11.3. The molecule has 2 aliphatic heterocycles. The lowest BCUT2D eigenvalue weighted by Crippen LogP contribution is -2.36. The molecule has 2 saturated heterocycles. The quantitative estimate of drug-likeness (QED) is 0.771. The topological polar surface area (TPSA) is 99.9 Å². The largest absolute Gasteiger partial charge is 0.468 e. The first kappa shape index (κ1) is 19.7. The second kappa shape index (κ2) is 8.00. The number of furan rings is 1. The molecular formula is C20H23N3O5S. The van der Waals surface area contributed by atoms with Crippen molar-refractivity contribution in [2.24, 2.45) is 0 Å². The van der Waals surface area contributed by atoms with Crippen LogP contribution in [-0.4, -0.2) is 50.5 Å². The number of nitrogens with one attached hydrogen (secondary N) is 1. The molecule has 0 spiro atoms. The predicted octanol–water partition coefficient (Wildman–Crippen LogP) is 1.91. The van der Waals surface area contributed by atoms with Crippen LogP contribution in [0.15, 0.2) is 47.1 Å². The summed E-state index contributed by atoms with van der Waals surface area (Å²) in [4.78, 5) is 26.8. The number of carbonyl (C=O) groups is 2. The van der Waals surface area contributed by atoms with Crippen molar-refractivity contribution in [1.82, 2.24) is 10.2 Å². The molecule has 0 saturated carbocycles. The molecule has 0 bridgehead atoms. The van der Waals surface area contributed by atoms with E-state index in [9.17, 15) is 18.0 Å². The minimum Gasteiger partial charge on any atom is -0.468 e. The Kier molecular flexibility index (Phi) is 5.42. The summed E-state index contributed by atoms with van der Waals surface area (Å²) in [6.07, 6.45) is 3.87. The Bertz CT molecular complexity index is 980. The van der Waals surface area contributed by atoms with Crippen LogP contribution in [-0.2, 0) is 14.8 Å². The summed E-state index contributed by atoms with van der Waals surface area (Å²) in [5.41, 5.74) is 0.659. The number of sulfonamides is 1. The SMILES string of the molecule is O=C(NC[C@H](c1ccco1)N1CCCC1)c1ccc(N2C(=O)CCS2(=O)=O)cc1. The lowest BCUT2D eigenvalue weighted by Gasteiger charge is -2.26. The van der Waals surface area contributed by atoms with Crippen LogP contribution >= 0.6 is 0 Å². The molecule has 4 rings (SSSR count). The molecule has 0 aliphatic carbocycles. The summed E-state index contributed by atoms with van der Waals surface area (Å²) < 4.78 is 30.4. The fourth-order valence-corrected chi connectivity index (χ4v) is 5.31. The van der Waals surface area contributed by atoms with Gasteiger partial charge in [-0.15, -0.1) is 0 Å². The smallest absolute Gasteiger partial charge is 0.251 e. The number of hydrogen-bond acceptors (Lipinski definition) is 6. The molecule has 1 aromatic carbocycles. The second-order valence-corrected chi connectivity index (χ2v) is 9.19. The average Bonchev–Trinajstić information content (AvgIpc) is 3.45. The van der Waals surface area contributed by atoms with E-state index in [1.165, 1.54) is 24.3 Å². The van der Waals surface area contributed by atoms with Gasteiger partial charge in [-0.05, 0) is 62.3 Å². The molecule has 154 valence electrons. The van der Waals surface area contributed by atoms with Gasteiger partial charge in [-0.25, -0.2) is 12.7 Å². The van der Waals surface area contributed by atoms with E-state index in [1.54, 1.807) is 6.26 Å². The van der Waals surface area contributed by atoms with Gasteiger partial charge in [0.25, 0.3) is 5.91 Å². The highest BCUT2D eigenvalue weighted by Gasteiger charge is 2.36. The Labute approximate surface area is 169 Å². The van der Waals surface area contributed by atoms with Crippen LogP contribution in [0.25, 0.3) is 0 Å². The average molecular weight is 417 g/mol. The molecule has 0 radical (unpaired) electrons. The first-order chi connectivity index (χ1) is 14.0. The van der Waals surface area contributed by atoms with E-state index in [1.807, 2.05) is 12.1 Å². The van der Waals surface area contributed by atoms with Crippen LogP contribution in [0.4, 0.5) is 5.69 Å². The number of nitrogens with zero attached hydrogens (tertiary/aromatic N) is 2. The Balaban J connectivity index is 1.43. The van der Waals surface area contributed by atoms with E-state index >= 15 is 0 Å². The Morgan fingerprint density at radius 2 is 1.86 bits per heavy atom. The zero-order valence-electron chi connectivity index (χ0n) is 15.9. The fourth-order valence-electron chi connectivity index (χ4n) is 3.85. The number of anilines is 1. The number of carbonyl (C=O) groups excluding carboxylic acids is 2. The Morgan fingerprint density at radius 1 is 1.14 bits per heavy atom. The van der Waals surface area contributed by atoms with Gasteiger partial charge < -0.3 is 9.73 Å². The van der Waals surface area contributed by atoms with Crippen LogP contribution in [0, 0.1) is 0 Å². The van der Waals surface area contributed by atoms with Gasteiger partial charge in [0, 0.05) is 18.5 Å². The highest BCUT2D eigenvalue weighted by Crippen LogP contribution is 2.26. The molecule has 2 aromatic rings. The van der Waals surface area contributed by atoms with Gasteiger partial charge in [-0.2, -0.15) is 0 Å². The minimum absolute atomic E-state index is 0.0186. The predicted molar refractivity (Wildman–Crippen MR) is 107 cm³/mol. The van der Waals surface area contributed by atoms with Crippen LogP contribution in [0.5, 0.6) is 0 Å². The van der Waals surface area contributed by atoms with Gasteiger partial charge in [0.1, 0.15) is 5.76 Å². The molecule has 2 fully saturated rings. The van der Waals surface area contributed by atoms with Gasteiger partial charge in [0.05, 0.1) is 23.7 Å². The number of rotatable bonds is 6. The van der Waals surface area contributed by atoms with Crippen LogP contribution in [0.1, 0.15) is 41.4 Å². The molecule has 1 atom stereocenters. The summed E-state index contributed by atoms with van der Waals surface area (Å²) in [6, 6.07) is 9.76. The van der Waals surface area contributed by atoms with E-state index < -0.39 is 15.9 Å². The summed E-state index contributed by atoms with van der Waals surface area (Å²) in [7, 11) is -3.61. The van der Waals surface area contributed by atoms with Gasteiger partial charge in [0.15, 0.2) is 0 Å². The number of hydrogen-bond donors (Lipinski definition) is 1. The molecule has 2 amide bonds. The van der Waals surface area contributed by atoms with E-state index in [0.29, 0.717) is 12.1 Å². The van der Waals surface area contributed by atoms with E-state index in [2.05, 4.69) is 10.2 Å². The highest BCUT2D eigenvalue weighted by atomic mass is 32.2. The highest BCUT2D eigenvalue weighted by molar-refractivity contribution is 7.94. The molecule has 0 unspecified atom stereocenters. The van der Waals surface area contributed by atoms with Gasteiger partial charge in [0.2, 0.25) is 15.9 Å². The number of likely N-dealkylation sites (tertiary alicyclic amines) is 1. The van der Waals surface area contributed by atoms with Crippen molar-refractivity contribution in [3.63, 3.8) is 0 Å². The molecule has 29 heavy (non-hydrogen) atoms. The Hall–Kier alpha value is -2.65. The van der Waals surface area contributed by atoms with Crippen molar-refractivity contribution in [1.29, 1.82) is 0 Å². The molecule has 2 aliphatic rings. The number of amides is 2.